The van der Waals surface area contributed by atoms with E-state index in [-0.39, 0.29) is 5.69 Å². The van der Waals surface area contributed by atoms with E-state index in [4.69, 9.17) is 10.8 Å². The molecule has 2 aromatic rings. The van der Waals surface area contributed by atoms with Gasteiger partial charge in [0.1, 0.15) is 0 Å². The van der Waals surface area contributed by atoms with Crippen molar-refractivity contribution in [1.29, 1.82) is 0 Å². The van der Waals surface area contributed by atoms with Gasteiger partial charge in [-0.05, 0) is 29.8 Å². The zero-order valence-electron chi connectivity index (χ0n) is 10.9. The number of carboxylic acids is 1. The van der Waals surface area contributed by atoms with Crippen LogP contribution >= 0.6 is 15.9 Å². The van der Waals surface area contributed by atoms with Crippen molar-refractivity contribution >= 4 is 33.4 Å². The number of hydrogen-bond acceptors (Lipinski definition) is 4. The second kappa shape index (κ2) is 5.92. The van der Waals surface area contributed by atoms with Gasteiger partial charge in [0.05, 0.1) is 5.69 Å². The maximum atomic E-state index is 11.0. The number of carbonyl (C=O) groups is 1. The highest BCUT2D eigenvalue weighted by atomic mass is 79.9. The standard InChI is InChI=1S/C14H14BrN3O2/c1-18(8-9-2-4-10(15)5-3-9)13-11(16)6-7-12(17-13)14(19)20/h2-7H,8,16H2,1H3,(H,19,20). The third-order valence-corrected chi connectivity index (χ3v) is 3.35. The highest BCUT2D eigenvalue weighted by Gasteiger charge is 2.12. The van der Waals surface area contributed by atoms with Crippen LogP contribution in [0.25, 0.3) is 0 Å². The average Bonchev–Trinajstić information content (AvgIpc) is 2.41. The molecule has 0 radical (unpaired) electrons. The van der Waals surface area contributed by atoms with Gasteiger partial charge in [0.15, 0.2) is 11.5 Å². The van der Waals surface area contributed by atoms with Crippen LogP contribution < -0.4 is 10.6 Å². The maximum Gasteiger partial charge on any atom is 0.354 e. The average molecular weight is 336 g/mol. The molecule has 0 fully saturated rings. The Morgan fingerprint density at radius 2 is 1.95 bits per heavy atom. The molecule has 0 atom stereocenters. The zero-order valence-corrected chi connectivity index (χ0v) is 12.5. The Balaban J connectivity index is 2.24. The van der Waals surface area contributed by atoms with Crippen LogP contribution in [0.2, 0.25) is 0 Å². The van der Waals surface area contributed by atoms with Gasteiger partial charge in [0.25, 0.3) is 0 Å². The van der Waals surface area contributed by atoms with Gasteiger partial charge in [-0.2, -0.15) is 0 Å². The molecule has 3 N–H and O–H groups in total. The first-order chi connectivity index (χ1) is 9.47. The predicted molar refractivity (Wildman–Crippen MR) is 81.9 cm³/mol. The summed E-state index contributed by atoms with van der Waals surface area (Å²) in [4.78, 5) is 16.9. The molecule has 0 aliphatic carbocycles. The zero-order chi connectivity index (χ0) is 14.7. The number of aromatic carboxylic acids is 1. The second-order valence-corrected chi connectivity index (χ2v) is 5.31. The molecule has 1 aromatic heterocycles. The van der Waals surface area contributed by atoms with Gasteiger partial charge in [0, 0.05) is 18.1 Å². The second-order valence-electron chi connectivity index (χ2n) is 4.40. The lowest BCUT2D eigenvalue weighted by atomic mass is 10.2. The largest absolute Gasteiger partial charge is 0.477 e. The van der Waals surface area contributed by atoms with Gasteiger partial charge in [-0.3, -0.25) is 0 Å². The molecular formula is C14H14BrN3O2. The molecule has 0 saturated heterocycles. The molecule has 0 bridgehead atoms. The Hall–Kier alpha value is -2.08. The smallest absolute Gasteiger partial charge is 0.354 e. The molecule has 0 aliphatic heterocycles. The SMILES string of the molecule is CN(Cc1ccc(Br)cc1)c1nc(C(=O)O)ccc1N. The quantitative estimate of drug-likeness (QED) is 0.897. The summed E-state index contributed by atoms with van der Waals surface area (Å²) in [6.07, 6.45) is 0. The van der Waals surface area contributed by atoms with Gasteiger partial charge in [-0.15, -0.1) is 0 Å². The summed E-state index contributed by atoms with van der Waals surface area (Å²) in [5, 5.41) is 8.98. The number of benzene rings is 1. The van der Waals surface area contributed by atoms with Crippen molar-refractivity contribution in [3.63, 3.8) is 0 Å². The molecule has 0 amide bonds. The molecule has 20 heavy (non-hydrogen) atoms. The minimum Gasteiger partial charge on any atom is -0.477 e. The first kappa shape index (κ1) is 14.3. The number of hydrogen-bond donors (Lipinski definition) is 2. The third-order valence-electron chi connectivity index (χ3n) is 2.82. The van der Waals surface area contributed by atoms with Crippen molar-refractivity contribution in [3.05, 3.63) is 52.1 Å². The van der Waals surface area contributed by atoms with Crippen LogP contribution in [0.1, 0.15) is 16.1 Å². The Morgan fingerprint density at radius 1 is 1.30 bits per heavy atom. The number of nitrogen functional groups attached to an aromatic ring is 1. The first-order valence-corrected chi connectivity index (χ1v) is 6.72. The summed E-state index contributed by atoms with van der Waals surface area (Å²) in [6, 6.07) is 10.8. The number of carboxylic acid groups (broad SMARTS) is 1. The van der Waals surface area contributed by atoms with E-state index in [2.05, 4.69) is 20.9 Å². The fourth-order valence-electron chi connectivity index (χ4n) is 1.82. The monoisotopic (exact) mass is 335 g/mol. The Bertz CT molecular complexity index is 629. The van der Waals surface area contributed by atoms with E-state index in [9.17, 15) is 4.79 Å². The number of rotatable bonds is 4. The summed E-state index contributed by atoms with van der Waals surface area (Å²) in [5.41, 5.74) is 7.38. The van der Waals surface area contributed by atoms with E-state index in [1.54, 1.807) is 6.07 Å². The molecule has 5 nitrogen and oxygen atoms in total. The van der Waals surface area contributed by atoms with Crippen molar-refractivity contribution in [2.75, 3.05) is 17.7 Å². The summed E-state index contributed by atoms with van der Waals surface area (Å²) in [5.74, 6) is -0.601. The molecular weight excluding hydrogens is 322 g/mol. The van der Waals surface area contributed by atoms with E-state index in [0.29, 0.717) is 18.1 Å². The lowest BCUT2D eigenvalue weighted by Crippen LogP contribution is -2.20. The first-order valence-electron chi connectivity index (χ1n) is 5.93. The molecule has 6 heteroatoms. The van der Waals surface area contributed by atoms with E-state index >= 15 is 0 Å². The molecule has 0 spiro atoms. The summed E-state index contributed by atoms with van der Waals surface area (Å²) in [7, 11) is 1.83. The topological polar surface area (TPSA) is 79.5 Å². The predicted octanol–water partition coefficient (Wildman–Crippen LogP) is 2.76. The van der Waals surface area contributed by atoms with Gasteiger partial charge in [-0.25, -0.2) is 9.78 Å². The molecule has 0 saturated carbocycles. The van der Waals surface area contributed by atoms with Crippen LogP contribution in [0.15, 0.2) is 40.9 Å². The van der Waals surface area contributed by atoms with Crippen LogP contribution in [0.4, 0.5) is 11.5 Å². The Kier molecular flexibility index (Phi) is 4.24. The van der Waals surface area contributed by atoms with Crippen LogP contribution in [-0.4, -0.2) is 23.1 Å². The van der Waals surface area contributed by atoms with E-state index in [0.717, 1.165) is 10.0 Å². The highest BCUT2D eigenvalue weighted by Crippen LogP contribution is 2.22. The molecule has 0 unspecified atom stereocenters. The maximum absolute atomic E-state index is 11.0. The number of halogens is 1. The fraction of sp³-hybridized carbons (Fsp3) is 0.143. The number of nitrogens with zero attached hydrogens (tertiary/aromatic N) is 2. The molecule has 0 aliphatic rings. The fourth-order valence-corrected chi connectivity index (χ4v) is 2.09. The molecule has 1 aromatic carbocycles. The van der Waals surface area contributed by atoms with Gasteiger partial charge in [-0.1, -0.05) is 28.1 Å². The van der Waals surface area contributed by atoms with E-state index in [1.807, 2.05) is 36.2 Å². The summed E-state index contributed by atoms with van der Waals surface area (Å²) in [6.45, 7) is 0.591. The van der Waals surface area contributed by atoms with Crippen LogP contribution in [-0.2, 0) is 6.54 Å². The van der Waals surface area contributed by atoms with Gasteiger partial charge >= 0.3 is 5.97 Å². The van der Waals surface area contributed by atoms with Gasteiger partial charge in [0.2, 0.25) is 0 Å². The summed E-state index contributed by atoms with van der Waals surface area (Å²) < 4.78 is 1.01. The number of aromatic nitrogens is 1. The third kappa shape index (κ3) is 3.27. The Morgan fingerprint density at radius 3 is 2.55 bits per heavy atom. The lowest BCUT2D eigenvalue weighted by Gasteiger charge is -2.20. The van der Waals surface area contributed by atoms with E-state index < -0.39 is 5.97 Å². The van der Waals surface area contributed by atoms with Crippen molar-refractivity contribution < 1.29 is 9.90 Å². The van der Waals surface area contributed by atoms with Crippen molar-refractivity contribution in [2.24, 2.45) is 0 Å². The number of pyridine rings is 1. The lowest BCUT2D eigenvalue weighted by molar-refractivity contribution is 0.0690. The number of anilines is 2. The van der Waals surface area contributed by atoms with Crippen LogP contribution in [0, 0.1) is 0 Å². The van der Waals surface area contributed by atoms with Crippen LogP contribution in [0.5, 0.6) is 0 Å². The highest BCUT2D eigenvalue weighted by molar-refractivity contribution is 9.10. The molecule has 2 rings (SSSR count). The Labute approximate surface area is 125 Å². The normalized spacial score (nSPS) is 10.3. The van der Waals surface area contributed by atoms with E-state index in [1.165, 1.54) is 6.07 Å². The minimum absolute atomic E-state index is 0.0168. The van der Waals surface area contributed by atoms with Crippen molar-refractivity contribution in [2.45, 2.75) is 6.54 Å². The molecule has 1 heterocycles. The minimum atomic E-state index is -1.07. The van der Waals surface area contributed by atoms with Gasteiger partial charge < -0.3 is 15.7 Å². The molecule has 104 valence electrons. The summed E-state index contributed by atoms with van der Waals surface area (Å²) >= 11 is 3.38. The van der Waals surface area contributed by atoms with Crippen LogP contribution in [0.3, 0.4) is 0 Å². The van der Waals surface area contributed by atoms with Crippen molar-refractivity contribution in [3.8, 4) is 0 Å². The number of nitrogens with two attached hydrogens (primary N) is 1. The van der Waals surface area contributed by atoms with Crippen molar-refractivity contribution in [1.82, 2.24) is 4.98 Å².